The first-order chi connectivity index (χ1) is 18.9. The van der Waals surface area contributed by atoms with Gasteiger partial charge in [-0.05, 0) is 61.9 Å². The van der Waals surface area contributed by atoms with Crippen molar-refractivity contribution in [2.45, 2.75) is 43.6 Å². The maximum absolute atomic E-state index is 13.3. The Kier molecular flexibility index (Phi) is 7.76. The molecule has 0 aliphatic carbocycles. The monoisotopic (exact) mass is 546 g/mol. The van der Waals surface area contributed by atoms with Gasteiger partial charge in [-0.2, -0.15) is 4.98 Å². The molecule has 10 heteroatoms. The summed E-state index contributed by atoms with van der Waals surface area (Å²) in [5.41, 5.74) is 4.19. The number of hydrogen-bond donors (Lipinski definition) is 2. The van der Waals surface area contributed by atoms with Gasteiger partial charge in [-0.1, -0.05) is 18.7 Å². The number of hydrogen-bond acceptors (Lipinski definition) is 8. The van der Waals surface area contributed by atoms with E-state index in [2.05, 4.69) is 10.3 Å². The van der Waals surface area contributed by atoms with E-state index in [1.54, 1.807) is 13.3 Å². The number of ether oxygens (including phenoxy) is 2. The molecular formula is C29H27FN4O4S. The number of halogens is 1. The Bertz CT molecular complexity index is 1510. The van der Waals surface area contributed by atoms with Crippen LogP contribution >= 0.6 is 11.8 Å². The summed E-state index contributed by atoms with van der Waals surface area (Å²) in [7, 11) is 1.60. The van der Waals surface area contributed by atoms with Crippen molar-refractivity contribution in [3.8, 4) is 28.8 Å². The third-order valence-electron chi connectivity index (χ3n) is 6.44. The number of aryl methyl sites for hydroxylation is 1. The van der Waals surface area contributed by atoms with E-state index in [0.717, 1.165) is 16.7 Å². The Balaban J connectivity index is 1.54. The van der Waals surface area contributed by atoms with Gasteiger partial charge in [-0.25, -0.2) is 9.37 Å². The maximum atomic E-state index is 13.3. The number of thioether (sulfide) groups is 1. The molecule has 0 fully saturated rings. The third-order valence-corrected chi connectivity index (χ3v) is 7.83. The van der Waals surface area contributed by atoms with Gasteiger partial charge in [-0.15, -0.1) is 0 Å². The highest BCUT2D eigenvalue weighted by Gasteiger charge is 2.30. The highest BCUT2D eigenvalue weighted by molar-refractivity contribution is 8.00. The minimum Gasteiger partial charge on any atom is -0.497 e. The summed E-state index contributed by atoms with van der Waals surface area (Å²) in [5.74, 6) is 1.52. The van der Waals surface area contributed by atoms with Crippen molar-refractivity contribution < 1.29 is 23.8 Å². The first-order valence-electron chi connectivity index (χ1n) is 12.4. The molecular weight excluding hydrogens is 519 g/mol. The summed E-state index contributed by atoms with van der Waals surface area (Å²) >= 11 is 1.32. The smallest absolute Gasteiger partial charge is 0.237 e. The minimum atomic E-state index is -0.490. The van der Waals surface area contributed by atoms with Gasteiger partial charge in [0, 0.05) is 35.0 Å². The fourth-order valence-electron chi connectivity index (χ4n) is 4.27. The number of carbonyl (C=O) groups is 1. The quantitative estimate of drug-likeness (QED) is 0.189. The molecule has 1 unspecified atom stereocenters. The van der Waals surface area contributed by atoms with Crippen LogP contribution in [0.2, 0.25) is 0 Å². The van der Waals surface area contributed by atoms with Gasteiger partial charge < -0.3 is 19.9 Å². The number of nitrogens with one attached hydrogen (secondary N) is 1. The average molecular weight is 547 g/mol. The van der Waals surface area contributed by atoms with Crippen LogP contribution in [0, 0.1) is 12.7 Å². The molecule has 39 heavy (non-hydrogen) atoms. The lowest BCUT2D eigenvalue weighted by Crippen LogP contribution is -2.25. The summed E-state index contributed by atoms with van der Waals surface area (Å²) in [4.78, 5) is 27.2. The third kappa shape index (κ3) is 5.57. The van der Waals surface area contributed by atoms with Crippen molar-refractivity contribution in [2.24, 2.45) is 0 Å². The molecule has 1 aliphatic rings. The number of pyridine rings is 1. The van der Waals surface area contributed by atoms with E-state index >= 15 is 0 Å². The number of nitrogens with zero attached hydrogens (tertiary/aromatic N) is 3. The van der Waals surface area contributed by atoms with Crippen molar-refractivity contribution in [3.05, 3.63) is 82.9 Å². The normalized spacial score (nSPS) is 12.6. The van der Waals surface area contributed by atoms with Crippen LogP contribution in [0.25, 0.3) is 11.4 Å². The molecule has 0 bridgehead atoms. The van der Waals surface area contributed by atoms with E-state index in [0.29, 0.717) is 58.0 Å². The molecule has 2 aromatic carbocycles. The molecule has 1 aliphatic heterocycles. The number of rotatable bonds is 8. The van der Waals surface area contributed by atoms with E-state index in [1.165, 1.54) is 36.0 Å². The molecule has 200 valence electrons. The second-order valence-electron chi connectivity index (χ2n) is 8.99. The zero-order valence-electron chi connectivity index (χ0n) is 21.7. The Morgan fingerprint density at radius 2 is 1.90 bits per heavy atom. The van der Waals surface area contributed by atoms with Crippen LogP contribution in [0.5, 0.6) is 17.4 Å². The Hall–Kier alpha value is -4.02. The standard InChI is InChI=1S/C29H27FN4O4S/c1-4-24(27(36)32-20-9-7-19(30)8-10-20)39-29-23-13-22-18(15-35)14-31-16(2)25(22)38-28(23)33-26(34-29)17-5-11-21(37-3)12-6-17/h5-12,14,24,35H,4,13,15H2,1-3H3,(H,32,36). The Morgan fingerprint density at radius 1 is 1.15 bits per heavy atom. The van der Waals surface area contributed by atoms with E-state index < -0.39 is 5.25 Å². The number of aliphatic hydroxyl groups is 1. The molecule has 2 aromatic heterocycles. The van der Waals surface area contributed by atoms with Gasteiger partial charge in [0.2, 0.25) is 11.8 Å². The summed E-state index contributed by atoms with van der Waals surface area (Å²) in [5, 5.41) is 12.9. The highest BCUT2D eigenvalue weighted by atomic mass is 32.2. The summed E-state index contributed by atoms with van der Waals surface area (Å²) in [6.07, 6.45) is 2.59. The summed E-state index contributed by atoms with van der Waals surface area (Å²) in [6, 6.07) is 13.0. The van der Waals surface area contributed by atoms with Crippen LogP contribution in [0.1, 0.15) is 35.7 Å². The lowest BCUT2D eigenvalue weighted by molar-refractivity contribution is -0.115. The zero-order valence-corrected chi connectivity index (χ0v) is 22.5. The predicted molar refractivity (Wildman–Crippen MR) is 147 cm³/mol. The fourth-order valence-corrected chi connectivity index (χ4v) is 5.32. The average Bonchev–Trinajstić information content (AvgIpc) is 2.96. The number of methoxy groups -OCH3 is 1. The Morgan fingerprint density at radius 3 is 2.56 bits per heavy atom. The van der Waals surface area contributed by atoms with Crippen molar-refractivity contribution in [1.82, 2.24) is 15.0 Å². The van der Waals surface area contributed by atoms with Gasteiger partial charge in [0.1, 0.15) is 16.6 Å². The largest absolute Gasteiger partial charge is 0.497 e. The maximum Gasteiger partial charge on any atom is 0.237 e. The number of carbonyl (C=O) groups excluding carboxylic acids is 1. The minimum absolute atomic E-state index is 0.181. The van der Waals surface area contributed by atoms with Gasteiger partial charge in [0.05, 0.1) is 30.2 Å². The fraction of sp³-hybridized carbons (Fsp3) is 0.241. The Labute approximate surface area is 229 Å². The zero-order chi connectivity index (χ0) is 27.5. The van der Waals surface area contributed by atoms with E-state index in [9.17, 15) is 14.3 Å². The molecule has 4 aromatic rings. The molecule has 2 N–H and O–H groups in total. The number of anilines is 1. The molecule has 3 heterocycles. The van der Waals surface area contributed by atoms with Crippen LogP contribution in [0.3, 0.4) is 0 Å². The number of fused-ring (bicyclic) bond motifs is 2. The van der Waals surface area contributed by atoms with Gasteiger partial charge in [0.25, 0.3) is 0 Å². The van der Waals surface area contributed by atoms with E-state index in [1.807, 2.05) is 38.1 Å². The van der Waals surface area contributed by atoms with Crippen LogP contribution < -0.4 is 14.8 Å². The van der Waals surface area contributed by atoms with Crippen molar-refractivity contribution >= 4 is 23.4 Å². The number of benzene rings is 2. The molecule has 0 radical (unpaired) electrons. The van der Waals surface area contributed by atoms with Gasteiger partial charge in [-0.3, -0.25) is 9.78 Å². The lowest BCUT2D eigenvalue weighted by atomic mass is 9.99. The van der Waals surface area contributed by atoms with E-state index in [-0.39, 0.29) is 18.3 Å². The first-order valence-corrected chi connectivity index (χ1v) is 13.3. The van der Waals surface area contributed by atoms with Gasteiger partial charge in [0.15, 0.2) is 11.6 Å². The molecule has 0 spiro atoms. The SMILES string of the molecule is CCC(Sc1nc(-c2ccc(OC)cc2)nc2c1Cc1c(CO)cnc(C)c1O2)C(=O)Nc1ccc(F)cc1. The summed E-state index contributed by atoms with van der Waals surface area (Å²) in [6.45, 7) is 3.59. The number of aromatic nitrogens is 3. The topological polar surface area (TPSA) is 106 Å². The van der Waals surface area contributed by atoms with Crippen LogP contribution in [0.4, 0.5) is 10.1 Å². The molecule has 8 nitrogen and oxygen atoms in total. The molecule has 5 rings (SSSR count). The van der Waals surface area contributed by atoms with Crippen molar-refractivity contribution in [3.63, 3.8) is 0 Å². The van der Waals surface area contributed by atoms with E-state index in [4.69, 9.17) is 19.4 Å². The van der Waals surface area contributed by atoms with Crippen LogP contribution in [-0.4, -0.2) is 38.3 Å². The lowest BCUT2D eigenvalue weighted by Gasteiger charge is -2.25. The predicted octanol–water partition coefficient (Wildman–Crippen LogP) is 5.69. The van der Waals surface area contributed by atoms with Gasteiger partial charge >= 0.3 is 0 Å². The first kappa shape index (κ1) is 26.6. The summed E-state index contributed by atoms with van der Waals surface area (Å²) < 4.78 is 24.9. The molecule has 1 atom stereocenters. The van der Waals surface area contributed by atoms with Crippen LogP contribution in [0.15, 0.2) is 59.8 Å². The number of amides is 1. The van der Waals surface area contributed by atoms with Crippen molar-refractivity contribution in [1.29, 1.82) is 0 Å². The number of aliphatic hydroxyl groups excluding tert-OH is 1. The molecule has 0 saturated heterocycles. The molecule has 0 saturated carbocycles. The highest BCUT2D eigenvalue weighted by Crippen LogP contribution is 2.43. The van der Waals surface area contributed by atoms with Crippen molar-refractivity contribution in [2.75, 3.05) is 12.4 Å². The second kappa shape index (κ2) is 11.4. The van der Waals surface area contributed by atoms with Crippen LogP contribution in [-0.2, 0) is 17.8 Å². The second-order valence-corrected chi connectivity index (χ2v) is 10.2. The molecule has 1 amide bonds.